The first-order chi connectivity index (χ1) is 13.4. The van der Waals surface area contributed by atoms with E-state index < -0.39 is 5.92 Å². The molecule has 0 unspecified atom stereocenters. The SMILES string of the molecule is CC1(C)CC(=O)C2=C(C1)N=C1c3ccccc3C(=O)[C@@H]1[C@@H]2c1ccc(Cl)cc1. The van der Waals surface area contributed by atoms with Crippen LogP contribution in [-0.4, -0.2) is 17.3 Å². The maximum Gasteiger partial charge on any atom is 0.173 e. The number of rotatable bonds is 1. The second-order valence-electron chi connectivity index (χ2n) is 8.72. The fraction of sp³-hybridized carbons (Fsp3) is 0.292. The monoisotopic (exact) mass is 389 g/mol. The number of allylic oxidation sites excluding steroid dienone is 2. The molecule has 2 atom stereocenters. The number of ketones is 2. The molecule has 5 rings (SSSR count). The third-order valence-electron chi connectivity index (χ3n) is 6.07. The first-order valence-electron chi connectivity index (χ1n) is 9.60. The van der Waals surface area contributed by atoms with Gasteiger partial charge in [-0.25, -0.2) is 0 Å². The van der Waals surface area contributed by atoms with Crippen LogP contribution >= 0.6 is 11.6 Å². The van der Waals surface area contributed by atoms with E-state index in [9.17, 15) is 9.59 Å². The Morgan fingerprint density at radius 2 is 1.61 bits per heavy atom. The van der Waals surface area contributed by atoms with Gasteiger partial charge in [-0.1, -0.05) is 61.8 Å². The Labute approximate surface area is 169 Å². The van der Waals surface area contributed by atoms with Gasteiger partial charge in [-0.2, -0.15) is 0 Å². The second kappa shape index (κ2) is 5.99. The summed E-state index contributed by atoms with van der Waals surface area (Å²) in [5.74, 6) is -0.581. The van der Waals surface area contributed by atoms with Crippen molar-refractivity contribution in [3.05, 3.63) is 81.5 Å². The van der Waals surface area contributed by atoms with Gasteiger partial charge >= 0.3 is 0 Å². The summed E-state index contributed by atoms with van der Waals surface area (Å²) in [4.78, 5) is 31.5. The first-order valence-corrected chi connectivity index (χ1v) is 9.97. The van der Waals surface area contributed by atoms with Gasteiger partial charge in [-0.15, -0.1) is 0 Å². The van der Waals surface area contributed by atoms with Crippen molar-refractivity contribution in [3.63, 3.8) is 0 Å². The van der Waals surface area contributed by atoms with Gasteiger partial charge in [0, 0.05) is 39.8 Å². The molecule has 1 aliphatic heterocycles. The fourth-order valence-corrected chi connectivity index (χ4v) is 5.04. The van der Waals surface area contributed by atoms with Gasteiger partial charge in [-0.05, 0) is 29.5 Å². The Kier molecular flexibility index (Phi) is 3.76. The van der Waals surface area contributed by atoms with Gasteiger partial charge < -0.3 is 0 Å². The van der Waals surface area contributed by atoms with E-state index in [4.69, 9.17) is 16.6 Å². The van der Waals surface area contributed by atoms with Crippen molar-refractivity contribution < 1.29 is 9.59 Å². The van der Waals surface area contributed by atoms with Crippen molar-refractivity contribution in [2.75, 3.05) is 0 Å². The fourth-order valence-electron chi connectivity index (χ4n) is 4.92. The molecule has 2 aromatic carbocycles. The number of Topliss-reactive ketones (excluding diaryl/α,β-unsaturated/α-hetero) is 2. The topological polar surface area (TPSA) is 46.5 Å². The van der Waals surface area contributed by atoms with E-state index in [-0.39, 0.29) is 22.9 Å². The average Bonchev–Trinajstić information content (AvgIpc) is 2.93. The van der Waals surface area contributed by atoms with Crippen LogP contribution in [0, 0.1) is 11.3 Å². The molecule has 0 saturated carbocycles. The highest BCUT2D eigenvalue weighted by molar-refractivity contribution is 6.31. The molecular weight excluding hydrogens is 370 g/mol. The lowest BCUT2D eigenvalue weighted by Gasteiger charge is -2.38. The van der Waals surface area contributed by atoms with Gasteiger partial charge in [0.15, 0.2) is 11.6 Å². The molecule has 3 nitrogen and oxygen atoms in total. The summed E-state index contributed by atoms with van der Waals surface area (Å²) in [5, 5.41) is 0.639. The Morgan fingerprint density at radius 1 is 0.929 bits per heavy atom. The molecule has 0 saturated heterocycles. The van der Waals surface area contributed by atoms with Crippen molar-refractivity contribution in [2.45, 2.75) is 32.6 Å². The summed E-state index contributed by atoms with van der Waals surface area (Å²) in [6, 6.07) is 15.2. The van der Waals surface area contributed by atoms with Crippen molar-refractivity contribution in [2.24, 2.45) is 16.3 Å². The zero-order chi connectivity index (χ0) is 19.6. The molecule has 0 fully saturated rings. The van der Waals surface area contributed by atoms with E-state index in [0.29, 0.717) is 17.0 Å². The Balaban J connectivity index is 1.76. The number of hydrogen-bond acceptors (Lipinski definition) is 3. The van der Waals surface area contributed by atoms with E-state index >= 15 is 0 Å². The van der Waals surface area contributed by atoms with Crippen LogP contribution in [0.5, 0.6) is 0 Å². The van der Waals surface area contributed by atoms with Crippen molar-refractivity contribution in [1.29, 1.82) is 0 Å². The third kappa shape index (κ3) is 2.53. The minimum atomic E-state index is -0.442. The van der Waals surface area contributed by atoms with E-state index in [2.05, 4.69) is 13.8 Å². The highest BCUT2D eigenvalue weighted by Gasteiger charge is 2.50. The predicted molar refractivity (Wildman–Crippen MR) is 110 cm³/mol. The third-order valence-corrected chi connectivity index (χ3v) is 6.32. The summed E-state index contributed by atoms with van der Waals surface area (Å²) in [6.07, 6.45) is 1.22. The maximum absolute atomic E-state index is 13.3. The molecule has 28 heavy (non-hydrogen) atoms. The minimum Gasteiger partial charge on any atom is -0.294 e. The molecule has 2 aliphatic carbocycles. The number of benzene rings is 2. The standard InChI is InChI=1S/C24H20ClNO2/c1-24(2)11-17-20(18(27)12-24)19(13-7-9-14(25)10-8-13)21-22(26-17)15-5-3-4-6-16(15)23(21)28/h3-10,19,21H,11-12H2,1-2H3/t19-,21-/m1/s1. The lowest BCUT2D eigenvalue weighted by Crippen LogP contribution is -2.37. The number of carbonyl (C=O) groups is 2. The van der Waals surface area contributed by atoms with Gasteiger partial charge in [0.25, 0.3) is 0 Å². The van der Waals surface area contributed by atoms with Crippen LogP contribution in [0.3, 0.4) is 0 Å². The smallest absolute Gasteiger partial charge is 0.173 e. The molecule has 0 bridgehead atoms. The molecule has 2 aromatic rings. The summed E-state index contributed by atoms with van der Waals surface area (Å²) >= 11 is 6.10. The predicted octanol–water partition coefficient (Wildman–Crippen LogP) is 5.38. The Morgan fingerprint density at radius 3 is 2.32 bits per heavy atom. The molecule has 0 aromatic heterocycles. The molecule has 0 N–H and O–H groups in total. The first kappa shape index (κ1) is 17.6. The van der Waals surface area contributed by atoms with Gasteiger partial charge in [0.2, 0.25) is 0 Å². The van der Waals surface area contributed by atoms with Crippen LogP contribution in [0.25, 0.3) is 0 Å². The highest BCUT2D eigenvalue weighted by Crippen LogP contribution is 2.51. The minimum absolute atomic E-state index is 0.0542. The van der Waals surface area contributed by atoms with Crippen molar-refractivity contribution in [1.82, 2.24) is 0 Å². The van der Waals surface area contributed by atoms with Crippen molar-refractivity contribution >= 4 is 28.9 Å². The van der Waals surface area contributed by atoms with Crippen LogP contribution < -0.4 is 0 Å². The van der Waals surface area contributed by atoms with Crippen LogP contribution in [0.15, 0.2) is 64.8 Å². The summed E-state index contributed by atoms with van der Waals surface area (Å²) in [5.41, 5.74) is 4.80. The largest absolute Gasteiger partial charge is 0.294 e. The molecule has 0 spiro atoms. The summed E-state index contributed by atoms with van der Waals surface area (Å²) in [6.45, 7) is 4.21. The number of halogens is 1. The molecular formula is C24H20ClNO2. The molecule has 0 amide bonds. The van der Waals surface area contributed by atoms with Gasteiger partial charge in [-0.3, -0.25) is 14.6 Å². The zero-order valence-electron chi connectivity index (χ0n) is 15.8. The molecule has 140 valence electrons. The Bertz CT molecular complexity index is 1090. The number of carbonyl (C=O) groups excluding carboxylic acids is 2. The number of hydrogen-bond donors (Lipinski definition) is 0. The quantitative estimate of drug-likeness (QED) is 0.657. The lowest BCUT2D eigenvalue weighted by molar-refractivity contribution is -0.118. The summed E-state index contributed by atoms with van der Waals surface area (Å²) < 4.78 is 0. The zero-order valence-corrected chi connectivity index (χ0v) is 16.6. The molecule has 0 radical (unpaired) electrons. The molecule has 1 heterocycles. The van der Waals surface area contributed by atoms with Crippen LogP contribution in [0.2, 0.25) is 5.02 Å². The number of fused-ring (bicyclic) bond motifs is 3. The van der Waals surface area contributed by atoms with Gasteiger partial charge in [0.1, 0.15) is 0 Å². The van der Waals surface area contributed by atoms with E-state index in [1.165, 1.54) is 0 Å². The highest BCUT2D eigenvalue weighted by atomic mass is 35.5. The summed E-state index contributed by atoms with van der Waals surface area (Å²) in [7, 11) is 0. The number of aliphatic imine (C=N–C) groups is 1. The lowest BCUT2D eigenvalue weighted by atomic mass is 9.66. The van der Waals surface area contributed by atoms with Crippen LogP contribution in [-0.2, 0) is 4.79 Å². The Hall–Kier alpha value is -2.52. The number of nitrogens with zero attached hydrogens (tertiary/aromatic N) is 1. The van der Waals surface area contributed by atoms with Crippen LogP contribution in [0.4, 0.5) is 0 Å². The maximum atomic E-state index is 13.3. The molecule has 3 aliphatic rings. The second-order valence-corrected chi connectivity index (χ2v) is 9.15. The van der Waals surface area contributed by atoms with Crippen molar-refractivity contribution in [3.8, 4) is 0 Å². The van der Waals surface area contributed by atoms with Crippen LogP contribution in [0.1, 0.15) is 54.1 Å². The molecule has 4 heteroatoms. The van der Waals surface area contributed by atoms with Gasteiger partial charge in [0.05, 0.1) is 11.6 Å². The average molecular weight is 390 g/mol. The van der Waals surface area contributed by atoms with E-state index in [1.54, 1.807) is 0 Å². The van der Waals surface area contributed by atoms with E-state index in [1.807, 2.05) is 48.5 Å². The van der Waals surface area contributed by atoms with E-state index in [0.717, 1.165) is 34.5 Å². The normalized spacial score (nSPS) is 25.2.